The molecule has 0 aromatic rings. The average Bonchev–Trinajstić information content (AvgIpc) is 2.12. The summed E-state index contributed by atoms with van der Waals surface area (Å²) >= 11 is 0. The van der Waals surface area contributed by atoms with Crippen LogP contribution in [0.2, 0.25) is 0 Å². The molecule has 70 valence electrons. The van der Waals surface area contributed by atoms with Crippen molar-refractivity contribution in [3.63, 3.8) is 0 Å². The molecular formula is C9H14F2O. The Kier molecular flexibility index (Phi) is 3.20. The van der Waals surface area contributed by atoms with Crippen molar-refractivity contribution in [3.8, 4) is 0 Å². The van der Waals surface area contributed by atoms with Crippen molar-refractivity contribution in [2.45, 2.75) is 44.1 Å². The zero-order chi connectivity index (χ0) is 9.03. The van der Waals surface area contributed by atoms with Crippen LogP contribution >= 0.6 is 0 Å². The quantitative estimate of drug-likeness (QED) is 0.609. The van der Waals surface area contributed by atoms with Crippen molar-refractivity contribution in [2.75, 3.05) is 0 Å². The van der Waals surface area contributed by atoms with Crippen LogP contribution in [0.1, 0.15) is 38.5 Å². The fourth-order valence-corrected chi connectivity index (χ4v) is 1.69. The molecule has 0 amide bonds. The fraction of sp³-hybridized carbons (Fsp3) is 0.778. The lowest BCUT2D eigenvalue weighted by atomic mass is 9.95. The van der Waals surface area contributed by atoms with Gasteiger partial charge in [0.25, 0.3) is 6.08 Å². The third-order valence-corrected chi connectivity index (χ3v) is 2.35. The Morgan fingerprint density at radius 1 is 1.08 bits per heavy atom. The summed E-state index contributed by atoms with van der Waals surface area (Å²) in [6.45, 7) is 0. The van der Waals surface area contributed by atoms with E-state index >= 15 is 0 Å². The van der Waals surface area contributed by atoms with Crippen LogP contribution in [0.25, 0.3) is 0 Å². The first-order chi connectivity index (χ1) is 5.62. The molecule has 1 fully saturated rings. The third kappa shape index (κ3) is 2.89. The molecule has 0 aromatic carbocycles. The van der Waals surface area contributed by atoms with Crippen LogP contribution in [-0.4, -0.2) is 10.7 Å². The van der Waals surface area contributed by atoms with Crippen molar-refractivity contribution in [1.29, 1.82) is 0 Å². The van der Waals surface area contributed by atoms with Crippen LogP contribution in [0.3, 0.4) is 0 Å². The molecule has 0 atom stereocenters. The molecule has 1 aliphatic rings. The van der Waals surface area contributed by atoms with E-state index in [0.717, 1.165) is 25.7 Å². The van der Waals surface area contributed by atoms with Crippen molar-refractivity contribution in [2.24, 2.45) is 0 Å². The van der Waals surface area contributed by atoms with Gasteiger partial charge in [0.05, 0.1) is 5.60 Å². The number of hydrogen-bond acceptors (Lipinski definition) is 1. The lowest BCUT2D eigenvalue weighted by molar-refractivity contribution is 0.0702. The highest BCUT2D eigenvalue weighted by Gasteiger charge is 2.26. The Morgan fingerprint density at radius 2 is 1.58 bits per heavy atom. The van der Waals surface area contributed by atoms with Gasteiger partial charge in [-0.2, -0.15) is 8.78 Å². The molecule has 0 heterocycles. The summed E-state index contributed by atoms with van der Waals surface area (Å²) in [5, 5.41) is 9.67. The number of aliphatic hydroxyl groups is 1. The second-order valence-electron chi connectivity index (χ2n) is 3.45. The molecule has 1 nitrogen and oxygen atoms in total. The minimum atomic E-state index is -1.76. The third-order valence-electron chi connectivity index (χ3n) is 2.35. The van der Waals surface area contributed by atoms with E-state index in [1.165, 1.54) is 0 Å². The van der Waals surface area contributed by atoms with Crippen molar-refractivity contribution >= 4 is 0 Å². The molecule has 0 aliphatic heterocycles. The first kappa shape index (κ1) is 9.65. The van der Waals surface area contributed by atoms with Crippen LogP contribution < -0.4 is 0 Å². The van der Waals surface area contributed by atoms with Gasteiger partial charge in [-0.15, -0.1) is 0 Å². The molecule has 0 unspecified atom stereocenters. The Balaban J connectivity index is 2.60. The lowest BCUT2D eigenvalue weighted by Crippen LogP contribution is -2.24. The Morgan fingerprint density at radius 3 is 2.00 bits per heavy atom. The van der Waals surface area contributed by atoms with Gasteiger partial charge < -0.3 is 5.11 Å². The molecule has 1 N–H and O–H groups in total. The van der Waals surface area contributed by atoms with Gasteiger partial charge in [-0.1, -0.05) is 25.7 Å². The minimum Gasteiger partial charge on any atom is -0.386 e. The highest BCUT2D eigenvalue weighted by molar-refractivity contribution is 5.01. The second kappa shape index (κ2) is 3.99. The predicted molar refractivity (Wildman–Crippen MR) is 43.0 cm³/mol. The minimum absolute atomic E-state index is 0.477. The molecule has 0 spiro atoms. The largest absolute Gasteiger partial charge is 0.386 e. The summed E-state index contributed by atoms with van der Waals surface area (Å²) in [6.07, 6.45) is 3.68. The van der Waals surface area contributed by atoms with Gasteiger partial charge in [0.15, 0.2) is 0 Å². The highest BCUT2D eigenvalue weighted by Crippen LogP contribution is 2.29. The van der Waals surface area contributed by atoms with E-state index in [0.29, 0.717) is 18.9 Å². The molecule has 1 aliphatic carbocycles. The average molecular weight is 176 g/mol. The van der Waals surface area contributed by atoms with E-state index < -0.39 is 11.7 Å². The van der Waals surface area contributed by atoms with E-state index in [1.54, 1.807) is 0 Å². The molecule has 0 bridgehead atoms. The van der Waals surface area contributed by atoms with E-state index in [1.807, 2.05) is 0 Å². The maximum atomic E-state index is 11.9. The van der Waals surface area contributed by atoms with E-state index in [2.05, 4.69) is 0 Å². The number of halogens is 2. The summed E-state index contributed by atoms with van der Waals surface area (Å²) in [7, 11) is 0. The van der Waals surface area contributed by atoms with Gasteiger partial charge in [-0.25, -0.2) is 0 Å². The number of hydrogen-bond donors (Lipinski definition) is 1. The molecule has 0 radical (unpaired) electrons. The Labute approximate surface area is 71.1 Å². The maximum Gasteiger partial charge on any atom is 0.269 e. The number of rotatable bonds is 1. The molecule has 1 rings (SSSR count). The van der Waals surface area contributed by atoms with Gasteiger partial charge in [0.1, 0.15) is 0 Å². The van der Waals surface area contributed by atoms with Crippen LogP contribution in [0, 0.1) is 0 Å². The van der Waals surface area contributed by atoms with Gasteiger partial charge in [0.2, 0.25) is 0 Å². The van der Waals surface area contributed by atoms with E-state index in [-0.39, 0.29) is 0 Å². The molecular weight excluding hydrogens is 162 g/mol. The molecule has 3 heteroatoms. The predicted octanol–water partition coefficient (Wildman–Crippen LogP) is 2.85. The van der Waals surface area contributed by atoms with Gasteiger partial charge >= 0.3 is 0 Å². The zero-order valence-corrected chi connectivity index (χ0v) is 7.02. The summed E-state index contributed by atoms with van der Waals surface area (Å²) in [4.78, 5) is 0. The summed E-state index contributed by atoms with van der Waals surface area (Å²) in [5.41, 5.74) is -1.23. The molecule has 1 saturated carbocycles. The van der Waals surface area contributed by atoms with Gasteiger partial charge in [-0.05, 0) is 12.8 Å². The SMILES string of the molecule is OC1(C=C(F)F)CCCCCC1. The van der Waals surface area contributed by atoms with Crippen molar-refractivity contribution < 1.29 is 13.9 Å². The summed E-state index contributed by atoms with van der Waals surface area (Å²) < 4.78 is 23.8. The van der Waals surface area contributed by atoms with Crippen LogP contribution in [-0.2, 0) is 0 Å². The first-order valence-electron chi connectivity index (χ1n) is 4.39. The zero-order valence-electron chi connectivity index (χ0n) is 7.02. The molecule has 0 aromatic heterocycles. The fourth-order valence-electron chi connectivity index (χ4n) is 1.69. The first-order valence-corrected chi connectivity index (χ1v) is 4.39. The highest BCUT2D eigenvalue weighted by atomic mass is 19.3. The summed E-state index contributed by atoms with van der Waals surface area (Å²) in [6, 6.07) is 0. The normalized spacial score (nSPS) is 22.9. The van der Waals surface area contributed by atoms with E-state index in [4.69, 9.17) is 0 Å². The summed E-state index contributed by atoms with van der Waals surface area (Å²) in [5.74, 6) is 0. The van der Waals surface area contributed by atoms with Gasteiger partial charge in [-0.3, -0.25) is 0 Å². The molecule has 12 heavy (non-hydrogen) atoms. The topological polar surface area (TPSA) is 20.2 Å². The monoisotopic (exact) mass is 176 g/mol. The van der Waals surface area contributed by atoms with E-state index in [9.17, 15) is 13.9 Å². The smallest absolute Gasteiger partial charge is 0.269 e. The standard InChI is InChI=1S/C9H14F2O/c10-8(11)7-9(12)5-3-1-2-4-6-9/h7,12H,1-6H2. The van der Waals surface area contributed by atoms with Crippen LogP contribution in [0.5, 0.6) is 0 Å². The van der Waals surface area contributed by atoms with Crippen molar-refractivity contribution in [1.82, 2.24) is 0 Å². The van der Waals surface area contributed by atoms with Crippen LogP contribution in [0.4, 0.5) is 8.78 Å². The molecule has 0 saturated heterocycles. The second-order valence-corrected chi connectivity index (χ2v) is 3.45. The van der Waals surface area contributed by atoms with Crippen molar-refractivity contribution in [3.05, 3.63) is 12.2 Å². The maximum absolute atomic E-state index is 11.9. The Bertz CT molecular complexity index is 165. The van der Waals surface area contributed by atoms with Gasteiger partial charge in [0, 0.05) is 6.08 Å². The lowest BCUT2D eigenvalue weighted by Gasteiger charge is -2.21. The Hall–Kier alpha value is -0.440. The van der Waals surface area contributed by atoms with Crippen LogP contribution in [0.15, 0.2) is 12.2 Å².